The number of para-hydroxylation sites is 1. The number of ether oxygens (including phenoxy) is 2. The molecule has 0 bridgehead atoms. The summed E-state index contributed by atoms with van der Waals surface area (Å²) < 4.78 is 26.5. The molecular weight excluding hydrogens is 433 g/mol. The monoisotopic (exact) mass is 465 g/mol. The number of hydrogen-bond donors (Lipinski definition) is 0. The van der Waals surface area contributed by atoms with E-state index in [1.54, 1.807) is 25.1 Å². The topological polar surface area (TPSA) is 57.5 Å². The van der Waals surface area contributed by atoms with Gasteiger partial charge in [-0.1, -0.05) is 37.3 Å². The third-order valence-corrected chi connectivity index (χ3v) is 5.48. The first-order valence-corrected chi connectivity index (χ1v) is 11.8. The second-order valence-corrected chi connectivity index (χ2v) is 8.39. The molecule has 5 nitrogen and oxygen atoms in total. The smallest absolute Gasteiger partial charge is 0.309 e. The van der Waals surface area contributed by atoms with Crippen LogP contribution in [0.1, 0.15) is 58.7 Å². The highest BCUT2D eigenvalue weighted by Gasteiger charge is 2.21. The molecule has 180 valence electrons. The van der Waals surface area contributed by atoms with Gasteiger partial charge >= 0.3 is 11.9 Å². The molecule has 0 N–H and O–H groups in total. The van der Waals surface area contributed by atoms with Gasteiger partial charge in [-0.15, -0.1) is 0 Å². The van der Waals surface area contributed by atoms with Crippen molar-refractivity contribution < 1.29 is 23.5 Å². The van der Waals surface area contributed by atoms with Crippen LogP contribution >= 0.6 is 0 Å². The average Bonchev–Trinajstić information content (AvgIpc) is 3.12. The summed E-state index contributed by atoms with van der Waals surface area (Å²) in [7, 11) is 0. The molecule has 3 rings (SSSR count). The van der Waals surface area contributed by atoms with Gasteiger partial charge in [-0.05, 0) is 63.1 Å². The van der Waals surface area contributed by atoms with E-state index in [0.29, 0.717) is 6.42 Å². The van der Waals surface area contributed by atoms with Crippen molar-refractivity contribution >= 4 is 28.9 Å². The molecule has 0 aliphatic rings. The zero-order valence-corrected chi connectivity index (χ0v) is 20.2. The normalized spacial score (nSPS) is 12.4. The predicted octanol–water partition coefficient (Wildman–Crippen LogP) is 6.71. The van der Waals surface area contributed by atoms with Crippen LogP contribution in [0.15, 0.2) is 54.6 Å². The summed E-state index contributed by atoms with van der Waals surface area (Å²) >= 11 is 0. The third kappa shape index (κ3) is 5.93. The highest BCUT2D eigenvalue weighted by molar-refractivity contribution is 6.01. The minimum absolute atomic E-state index is 0.0619. The number of aromatic nitrogens is 1. The lowest BCUT2D eigenvalue weighted by atomic mass is 10.0. The fraction of sp³-hybridized carbons (Fsp3) is 0.357. The number of esters is 2. The molecule has 1 heterocycles. The van der Waals surface area contributed by atoms with E-state index in [9.17, 15) is 14.0 Å². The van der Waals surface area contributed by atoms with E-state index >= 15 is 0 Å². The Hall–Kier alpha value is -3.41. The molecule has 2 aromatic carbocycles. The minimum atomic E-state index is -0.752. The lowest BCUT2D eigenvalue weighted by molar-refractivity contribution is -0.152. The van der Waals surface area contributed by atoms with Gasteiger partial charge in [0.2, 0.25) is 0 Å². The second kappa shape index (κ2) is 11.6. The van der Waals surface area contributed by atoms with Crippen molar-refractivity contribution in [1.29, 1.82) is 0 Å². The Morgan fingerprint density at radius 2 is 1.74 bits per heavy atom. The van der Waals surface area contributed by atoms with E-state index in [2.05, 4.69) is 24.5 Å². The minimum Gasteiger partial charge on any atom is -0.466 e. The third-order valence-electron chi connectivity index (χ3n) is 5.48. The fourth-order valence-electron chi connectivity index (χ4n) is 4.09. The first kappa shape index (κ1) is 25.2. The molecule has 3 aromatic rings. The number of nitrogens with zero attached hydrogens (tertiary/aromatic N) is 1. The van der Waals surface area contributed by atoms with Gasteiger partial charge in [-0.2, -0.15) is 0 Å². The van der Waals surface area contributed by atoms with Gasteiger partial charge in [-0.3, -0.25) is 9.59 Å². The van der Waals surface area contributed by atoms with E-state index < -0.39 is 12.1 Å². The van der Waals surface area contributed by atoms with Crippen LogP contribution in [0.25, 0.3) is 28.1 Å². The lowest BCUT2D eigenvalue weighted by Crippen LogP contribution is -2.21. The molecule has 0 saturated carbocycles. The Bertz CT molecular complexity index is 1140. The van der Waals surface area contributed by atoms with Crippen molar-refractivity contribution in [3.63, 3.8) is 0 Å². The van der Waals surface area contributed by atoms with Crippen molar-refractivity contribution in [2.24, 2.45) is 0 Å². The van der Waals surface area contributed by atoms with Crippen LogP contribution in [-0.4, -0.2) is 29.2 Å². The molecule has 1 unspecified atom stereocenters. The molecule has 0 aliphatic carbocycles. The van der Waals surface area contributed by atoms with E-state index in [1.807, 2.05) is 31.2 Å². The van der Waals surface area contributed by atoms with Crippen LogP contribution in [0, 0.1) is 5.82 Å². The first-order valence-electron chi connectivity index (χ1n) is 11.8. The summed E-state index contributed by atoms with van der Waals surface area (Å²) in [5, 5.41) is 1.03. The Morgan fingerprint density at radius 1 is 1.03 bits per heavy atom. The molecule has 1 aromatic heterocycles. The van der Waals surface area contributed by atoms with Gasteiger partial charge in [0.15, 0.2) is 0 Å². The second-order valence-electron chi connectivity index (χ2n) is 8.39. The number of benzene rings is 2. The zero-order chi connectivity index (χ0) is 24.7. The molecular formula is C28H32FNO4. The number of carbonyl (C=O) groups excluding carboxylic acids is 2. The molecule has 0 fully saturated rings. The predicted molar refractivity (Wildman–Crippen MR) is 133 cm³/mol. The van der Waals surface area contributed by atoms with Crippen molar-refractivity contribution in [3.05, 3.63) is 66.1 Å². The number of hydrogen-bond acceptors (Lipinski definition) is 4. The highest BCUT2D eigenvalue weighted by atomic mass is 19.1. The van der Waals surface area contributed by atoms with E-state index in [1.165, 1.54) is 12.1 Å². The summed E-state index contributed by atoms with van der Waals surface area (Å²) in [6, 6.07) is 14.6. The molecule has 6 heteroatoms. The summed E-state index contributed by atoms with van der Waals surface area (Å²) in [5.74, 6) is -1.08. The Kier molecular flexibility index (Phi) is 8.63. The van der Waals surface area contributed by atoms with Crippen LogP contribution in [0.3, 0.4) is 0 Å². The van der Waals surface area contributed by atoms with Crippen molar-refractivity contribution in [3.8, 4) is 11.1 Å². The molecule has 1 atom stereocenters. The van der Waals surface area contributed by atoms with Crippen LogP contribution < -0.4 is 0 Å². The van der Waals surface area contributed by atoms with Gasteiger partial charge in [0.1, 0.15) is 11.9 Å². The molecule has 34 heavy (non-hydrogen) atoms. The first-order chi connectivity index (χ1) is 16.3. The van der Waals surface area contributed by atoms with Crippen LogP contribution in [0.5, 0.6) is 0 Å². The largest absolute Gasteiger partial charge is 0.466 e. The average molecular weight is 466 g/mol. The number of rotatable bonds is 10. The highest BCUT2D eigenvalue weighted by Crippen LogP contribution is 2.38. The van der Waals surface area contributed by atoms with E-state index in [4.69, 9.17) is 9.47 Å². The summed E-state index contributed by atoms with van der Waals surface area (Å²) in [5.41, 5.74) is 3.77. The summed E-state index contributed by atoms with van der Waals surface area (Å²) in [4.78, 5) is 24.3. The summed E-state index contributed by atoms with van der Waals surface area (Å²) in [6.45, 7) is 8.08. The van der Waals surface area contributed by atoms with Gasteiger partial charge in [-0.25, -0.2) is 4.39 Å². The van der Waals surface area contributed by atoms with Crippen LogP contribution in [0.4, 0.5) is 4.39 Å². The van der Waals surface area contributed by atoms with Crippen molar-refractivity contribution in [1.82, 2.24) is 4.57 Å². The molecule has 0 amide bonds. The fourth-order valence-corrected chi connectivity index (χ4v) is 4.09. The maximum atomic E-state index is 13.7. The number of fused-ring (bicyclic) bond motifs is 1. The Labute approximate surface area is 200 Å². The van der Waals surface area contributed by atoms with Gasteiger partial charge in [0.05, 0.1) is 13.0 Å². The van der Waals surface area contributed by atoms with Crippen LogP contribution in [0.2, 0.25) is 0 Å². The number of carbonyl (C=O) groups is 2. The quantitative estimate of drug-likeness (QED) is 0.312. The zero-order valence-electron chi connectivity index (χ0n) is 20.2. The Morgan fingerprint density at radius 3 is 2.38 bits per heavy atom. The Balaban J connectivity index is 2.12. The van der Waals surface area contributed by atoms with E-state index in [-0.39, 0.29) is 37.3 Å². The van der Waals surface area contributed by atoms with Crippen molar-refractivity contribution in [2.45, 2.75) is 59.1 Å². The number of halogens is 1. The van der Waals surface area contributed by atoms with Gasteiger partial charge in [0.25, 0.3) is 0 Å². The SMILES string of the molecule is CCCC(=O)OC(C=Cc1c(-c2ccc(F)cc2)c2ccccc2n1C(C)C)CC(=O)OCC. The molecule has 0 saturated heterocycles. The van der Waals surface area contributed by atoms with Gasteiger partial charge < -0.3 is 14.0 Å². The summed E-state index contributed by atoms with van der Waals surface area (Å²) in [6.07, 6.45) is 3.75. The van der Waals surface area contributed by atoms with E-state index in [0.717, 1.165) is 27.7 Å². The lowest BCUT2D eigenvalue weighted by Gasteiger charge is -2.16. The molecule has 0 spiro atoms. The van der Waals surface area contributed by atoms with Gasteiger partial charge in [0, 0.05) is 34.6 Å². The van der Waals surface area contributed by atoms with Crippen molar-refractivity contribution in [2.75, 3.05) is 6.61 Å². The maximum Gasteiger partial charge on any atom is 0.309 e. The standard InChI is InChI=1S/C28H32FNO4/c1-5-9-26(31)34-22(18-27(32)33-6-2)16-17-25-28(20-12-14-21(29)15-13-20)23-10-7-8-11-24(23)30(25)19(3)4/h7-8,10-17,19,22H,5-6,9,18H2,1-4H3. The maximum absolute atomic E-state index is 13.7. The van der Waals surface area contributed by atoms with Crippen LogP contribution in [-0.2, 0) is 19.1 Å². The molecule has 0 aliphatic heterocycles. The molecule has 0 radical (unpaired) electrons.